The van der Waals surface area contributed by atoms with Crippen LogP contribution < -0.4 is 4.72 Å². The Morgan fingerprint density at radius 1 is 1.43 bits per heavy atom. The topological polar surface area (TPSA) is 65.2 Å². The molecule has 0 aliphatic carbocycles. The Morgan fingerprint density at radius 3 is 2.96 bits per heavy atom. The quantitative estimate of drug-likeness (QED) is 0.881. The van der Waals surface area contributed by atoms with Gasteiger partial charge >= 0.3 is 0 Å². The number of sulfonamides is 1. The van der Waals surface area contributed by atoms with Crippen LogP contribution in [0, 0.1) is 0 Å². The molecule has 0 bridgehead atoms. The van der Waals surface area contributed by atoms with Gasteiger partial charge in [0.05, 0.1) is 5.75 Å². The zero-order valence-corrected chi connectivity index (χ0v) is 14.4. The van der Waals surface area contributed by atoms with Gasteiger partial charge in [0.2, 0.25) is 10.0 Å². The molecule has 1 aromatic carbocycles. The average Bonchev–Trinajstić information content (AvgIpc) is 3.12. The van der Waals surface area contributed by atoms with E-state index in [-0.39, 0.29) is 5.75 Å². The summed E-state index contributed by atoms with van der Waals surface area (Å²) in [7, 11) is 0.391. The molecule has 0 saturated carbocycles. The van der Waals surface area contributed by atoms with E-state index in [9.17, 15) is 8.42 Å². The molecule has 2 heterocycles. The SMILES string of the molecule is CNS(=O)(=O)C/C=C/c1ccc2[nH]cc(C3CCN(C)C3)c2c1. The summed E-state index contributed by atoms with van der Waals surface area (Å²) in [5, 5.41) is 1.24. The number of rotatable bonds is 5. The molecule has 1 atom stereocenters. The first-order valence-corrected chi connectivity index (χ1v) is 9.51. The Hall–Kier alpha value is -1.63. The van der Waals surface area contributed by atoms with Crippen LogP contribution >= 0.6 is 0 Å². The Bertz CT molecular complexity index is 823. The van der Waals surface area contributed by atoms with Crippen LogP contribution in [0.1, 0.15) is 23.5 Å². The molecule has 2 aromatic rings. The molecule has 2 N–H and O–H groups in total. The van der Waals surface area contributed by atoms with Gasteiger partial charge in [-0.25, -0.2) is 13.1 Å². The second kappa shape index (κ2) is 6.47. The number of aromatic nitrogens is 1. The van der Waals surface area contributed by atoms with E-state index >= 15 is 0 Å². The molecule has 0 amide bonds. The summed E-state index contributed by atoms with van der Waals surface area (Å²) < 4.78 is 25.2. The summed E-state index contributed by atoms with van der Waals surface area (Å²) in [5.41, 5.74) is 3.52. The molecule has 5 nitrogen and oxygen atoms in total. The number of nitrogens with zero attached hydrogens (tertiary/aromatic N) is 1. The van der Waals surface area contributed by atoms with Crippen LogP contribution in [-0.2, 0) is 10.0 Å². The van der Waals surface area contributed by atoms with E-state index in [0.717, 1.165) is 24.2 Å². The fourth-order valence-electron chi connectivity index (χ4n) is 3.18. The summed E-state index contributed by atoms with van der Waals surface area (Å²) in [6.45, 7) is 2.23. The van der Waals surface area contributed by atoms with Crippen molar-refractivity contribution in [3.05, 3.63) is 41.6 Å². The minimum Gasteiger partial charge on any atom is -0.361 e. The molecule has 1 aliphatic rings. The molecule has 1 saturated heterocycles. The van der Waals surface area contributed by atoms with Gasteiger partial charge in [0, 0.05) is 23.6 Å². The van der Waals surface area contributed by atoms with Crippen LogP contribution in [0.15, 0.2) is 30.5 Å². The van der Waals surface area contributed by atoms with E-state index in [1.165, 1.54) is 24.4 Å². The van der Waals surface area contributed by atoms with Gasteiger partial charge in [-0.15, -0.1) is 0 Å². The maximum Gasteiger partial charge on any atom is 0.214 e. The monoisotopic (exact) mass is 333 g/mol. The molecule has 0 spiro atoms. The first kappa shape index (κ1) is 16.2. The summed E-state index contributed by atoms with van der Waals surface area (Å²) in [4.78, 5) is 5.71. The molecular formula is C17H23N3O2S. The predicted molar refractivity (Wildman–Crippen MR) is 95.0 cm³/mol. The van der Waals surface area contributed by atoms with Gasteiger partial charge in [-0.2, -0.15) is 0 Å². The van der Waals surface area contributed by atoms with Crippen molar-refractivity contribution in [2.45, 2.75) is 12.3 Å². The van der Waals surface area contributed by atoms with Crippen molar-refractivity contribution in [1.29, 1.82) is 0 Å². The number of likely N-dealkylation sites (N-methyl/N-ethyl adjacent to an activating group) is 1. The highest BCUT2D eigenvalue weighted by Gasteiger charge is 2.23. The van der Waals surface area contributed by atoms with Crippen LogP contribution in [0.3, 0.4) is 0 Å². The third-order valence-electron chi connectivity index (χ3n) is 4.51. The number of benzene rings is 1. The number of hydrogen-bond donors (Lipinski definition) is 2. The van der Waals surface area contributed by atoms with Crippen molar-refractivity contribution in [1.82, 2.24) is 14.6 Å². The lowest BCUT2D eigenvalue weighted by atomic mass is 9.97. The molecule has 6 heteroatoms. The van der Waals surface area contributed by atoms with Crippen LogP contribution in [0.4, 0.5) is 0 Å². The fourth-order valence-corrected chi connectivity index (χ4v) is 3.70. The number of fused-ring (bicyclic) bond motifs is 1. The van der Waals surface area contributed by atoms with Crippen molar-refractivity contribution in [3.63, 3.8) is 0 Å². The summed E-state index contributed by atoms with van der Waals surface area (Å²) in [6.07, 6.45) is 6.85. The highest BCUT2D eigenvalue weighted by atomic mass is 32.2. The van der Waals surface area contributed by atoms with E-state index in [4.69, 9.17) is 0 Å². The van der Waals surface area contributed by atoms with Crippen LogP contribution in [-0.4, -0.2) is 51.2 Å². The van der Waals surface area contributed by atoms with E-state index in [1.54, 1.807) is 6.08 Å². The standard InChI is InChI=1S/C17H23N3O2S/c1-18-23(21,22)9-3-4-13-5-6-17-15(10-13)16(11-19-17)14-7-8-20(2)12-14/h3-6,10-11,14,18-19H,7-9,12H2,1-2H3/b4-3+. The van der Waals surface area contributed by atoms with Crippen molar-refractivity contribution < 1.29 is 8.42 Å². The minimum absolute atomic E-state index is 0.00501. The minimum atomic E-state index is -3.20. The van der Waals surface area contributed by atoms with Gasteiger partial charge in [-0.05, 0) is 56.2 Å². The zero-order valence-electron chi connectivity index (χ0n) is 13.5. The number of nitrogens with one attached hydrogen (secondary N) is 2. The maximum absolute atomic E-state index is 11.4. The predicted octanol–water partition coefficient (Wildman–Crippen LogP) is 2.15. The van der Waals surface area contributed by atoms with E-state index < -0.39 is 10.0 Å². The largest absolute Gasteiger partial charge is 0.361 e. The summed E-state index contributed by atoms with van der Waals surface area (Å²) in [5.74, 6) is 0.562. The van der Waals surface area contributed by atoms with Crippen LogP contribution in [0.5, 0.6) is 0 Å². The van der Waals surface area contributed by atoms with Crippen molar-refractivity contribution in [3.8, 4) is 0 Å². The maximum atomic E-state index is 11.4. The molecule has 1 fully saturated rings. The molecule has 23 heavy (non-hydrogen) atoms. The molecule has 1 unspecified atom stereocenters. The summed E-state index contributed by atoms with van der Waals surface area (Å²) >= 11 is 0. The number of aromatic amines is 1. The van der Waals surface area contributed by atoms with Crippen LogP contribution in [0.25, 0.3) is 17.0 Å². The lowest BCUT2D eigenvalue weighted by Gasteiger charge is -2.09. The van der Waals surface area contributed by atoms with Crippen molar-refractivity contribution in [2.75, 3.05) is 32.9 Å². The Balaban J connectivity index is 1.85. The van der Waals surface area contributed by atoms with E-state index in [1.807, 2.05) is 12.1 Å². The smallest absolute Gasteiger partial charge is 0.214 e. The van der Waals surface area contributed by atoms with Gasteiger partial charge in [0.25, 0.3) is 0 Å². The van der Waals surface area contributed by atoms with E-state index in [2.05, 4.69) is 40.0 Å². The molecule has 0 radical (unpaired) electrons. The Kier molecular flexibility index (Phi) is 4.57. The van der Waals surface area contributed by atoms with Gasteiger partial charge in [0.1, 0.15) is 0 Å². The lowest BCUT2D eigenvalue weighted by Crippen LogP contribution is -2.20. The second-order valence-electron chi connectivity index (χ2n) is 6.18. The average molecular weight is 333 g/mol. The molecule has 1 aliphatic heterocycles. The van der Waals surface area contributed by atoms with Gasteiger partial charge < -0.3 is 9.88 Å². The lowest BCUT2D eigenvalue weighted by molar-refractivity contribution is 0.412. The van der Waals surface area contributed by atoms with Gasteiger partial charge in [0.15, 0.2) is 0 Å². The number of hydrogen-bond acceptors (Lipinski definition) is 3. The Morgan fingerprint density at radius 2 is 2.26 bits per heavy atom. The van der Waals surface area contributed by atoms with Crippen LogP contribution in [0.2, 0.25) is 0 Å². The molecule has 1 aromatic heterocycles. The Labute approximate surface area is 137 Å². The molecule has 124 valence electrons. The normalized spacial score (nSPS) is 20.0. The first-order valence-electron chi connectivity index (χ1n) is 7.86. The number of likely N-dealkylation sites (tertiary alicyclic amines) is 1. The van der Waals surface area contributed by atoms with E-state index in [0.29, 0.717) is 5.92 Å². The van der Waals surface area contributed by atoms with Crippen molar-refractivity contribution in [2.24, 2.45) is 0 Å². The first-order chi connectivity index (χ1) is 11.0. The highest BCUT2D eigenvalue weighted by Crippen LogP contribution is 2.32. The number of H-pyrrole nitrogens is 1. The van der Waals surface area contributed by atoms with Gasteiger partial charge in [-0.3, -0.25) is 0 Å². The third kappa shape index (κ3) is 3.65. The summed E-state index contributed by atoms with van der Waals surface area (Å²) in [6, 6.07) is 6.21. The fraction of sp³-hybridized carbons (Fsp3) is 0.412. The highest BCUT2D eigenvalue weighted by molar-refractivity contribution is 7.89. The second-order valence-corrected chi connectivity index (χ2v) is 8.16. The molecular weight excluding hydrogens is 310 g/mol. The third-order valence-corrected chi connectivity index (χ3v) is 5.76. The van der Waals surface area contributed by atoms with Crippen molar-refractivity contribution >= 4 is 27.0 Å². The zero-order chi connectivity index (χ0) is 16.4. The van der Waals surface area contributed by atoms with Gasteiger partial charge in [-0.1, -0.05) is 18.2 Å². The molecule has 3 rings (SSSR count).